The minimum Gasteiger partial charge on any atom is -0.492 e. The van der Waals surface area contributed by atoms with Crippen molar-refractivity contribution in [2.75, 3.05) is 13.2 Å². The molecular formula is C26H29Cl2N3O4. The number of terminal acetylenes is 1. The van der Waals surface area contributed by atoms with Gasteiger partial charge in [-0.3, -0.25) is 9.59 Å². The molecule has 0 fully saturated rings. The molecule has 0 heterocycles. The summed E-state index contributed by atoms with van der Waals surface area (Å²) < 4.78 is 10.9. The number of amides is 2. The Morgan fingerprint density at radius 1 is 1.14 bits per heavy atom. The van der Waals surface area contributed by atoms with Crippen LogP contribution in [-0.2, 0) is 9.59 Å². The molecule has 0 bridgehead atoms. The molecule has 0 aromatic heterocycles. The van der Waals surface area contributed by atoms with Crippen LogP contribution in [0.5, 0.6) is 11.5 Å². The van der Waals surface area contributed by atoms with E-state index < -0.39 is 6.04 Å². The van der Waals surface area contributed by atoms with Gasteiger partial charge in [0.2, 0.25) is 5.91 Å². The zero-order valence-corrected chi connectivity index (χ0v) is 21.2. The first-order chi connectivity index (χ1) is 16.8. The SMILES string of the molecule is C#CCOc1ccc(/C=N\NC(=O)[C@@H](CC(C)C)NC(=O)CCCOc2ccc(Cl)cc2Cl)cc1. The van der Waals surface area contributed by atoms with Gasteiger partial charge in [-0.2, -0.15) is 5.10 Å². The summed E-state index contributed by atoms with van der Waals surface area (Å²) in [7, 11) is 0. The van der Waals surface area contributed by atoms with Crippen LogP contribution in [0.4, 0.5) is 0 Å². The maximum Gasteiger partial charge on any atom is 0.262 e. The molecule has 1 atom stereocenters. The lowest BCUT2D eigenvalue weighted by molar-refractivity contribution is -0.129. The molecule has 2 aromatic carbocycles. The van der Waals surface area contributed by atoms with Gasteiger partial charge in [0, 0.05) is 11.4 Å². The Kier molecular flexibility index (Phi) is 12.0. The summed E-state index contributed by atoms with van der Waals surface area (Å²) in [4.78, 5) is 25.0. The summed E-state index contributed by atoms with van der Waals surface area (Å²) in [5.74, 6) is 3.10. The second-order valence-corrected chi connectivity index (χ2v) is 8.92. The van der Waals surface area contributed by atoms with Gasteiger partial charge in [-0.05, 0) is 66.8 Å². The summed E-state index contributed by atoms with van der Waals surface area (Å²) in [6, 6.07) is 11.3. The largest absolute Gasteiger partial charge is 0.492 e. The fourth-order valence-corrected chi connectivity index (χ4v) is 3.46. The number of benzene rings is 2. The van der Waals surface area contributed by atoms with Crippen molar-refractivity contribution in [2.24, 2.45) is 11.0 Å². The summed E-state index contributed by atoms with van der Waals surface area (Å²) in [5, 5.41) is 7.71. The first-order valence-corrected chi connectivity index (χ1v) is 11.9. The number of ether oxygens (including phenoxy) is 2. The normalized spacial score (nSPS) is 11.7. The molecule has 2 amide bonds. The molecule has 2 aromatic rings. The minimum absolute atomic E-state index is 0.191. The highest BCUT2D eigenvalue weighted by Gasteiger charge is 2.21. The molecule has 7 nitrogen and oxygen atoms in total. The van der Waals surface area contributed by atoms with Crippen molar-refractivity contribution >= 4 is 41.2 Å². The average Bonchev–Trinajstić information content (AvgIpc) is 2.81. The summed E-state index contributed by atoms with van der Waals surface area (Å²) in [5.41, 5.74) is 3.27. The van der Waals surface area contributed by atoms with Gasteiger partial charge in [0.15, 0.2) is 0 Å². The van der Waals surface area contributed by atoms with E-state index in [-0.39, 0.29) is 30.8 Å². The zero-order valence-electron chi connectivity index (χ0n) is 19.7. The molecule has 0 aliphatic heterocycles. The Balaban J connectivity index is 1.81. The molecule has 186 valence electrons. The zero-order chi connectivity index (χ0) is 25.6. The highest BCUT2D eigenvalue weighted by atomic mass is 35.5. The van der Waals surface area contributed by atoms with Crippen molar-refractivity contribution in [1.29, 1.82) is 0 Å². The highest BCUT2D eigenvalue weighted by molar-refractivity contribution is 6.35. The third-order valence-electron chi connectivity index (χ3n) is 4.65. The molecule has 0 saturated heterocycles. The number of nitrogens with zero attached hydrogens (tertiary/aromatic N) is 1. The number of halogens is 2. The monoisotopic (exact) mass is 517 g/mol. The first kappa shape index (κ1) is 28.0. The van der Waals surface area contributed by atoms with E-state index in [0.29, 0.717) is 41.0 Å². The lowest BCUT2D eigenvalue weighted by Gasteiger charge is -2.19. The van der Waals surface area contributed by atoms with Crippen LogP contribution in [0.15, 0.2) is 47.6 Å². The van der Waals surface area contributed by atoms with Gasteiger partial charge in [-0.1, -0.05) is 43.0 Å². The third kappa shape index (κ3) is 10.7. The van der Waals surface area contributed by atoms with Crippen LogP contribution in [-0.4, -0.2) is 37.3 Å². The van der Waals surface area contributed by atoms with Gasteiger partial charge in [-0.25, -0.2) is 5.43 Å². The summed E-state index contributed by atoms with van der Waals surface area (Å²) in [6.45, 7) is 4.44. The minimum atomic E-state index is -0.703. The van der Waals surface area contributed by atoms with Crippen LogP contribution in [0.2, 0.25) is 10.0 Å². The number of hydrogen-bond acceptors (Lipinski definition) is 5. The van der Waals surface area contributed by atoms with Crippen molar-refractivity contribution in [2.45, 2.75) is 39.2 Å². The summed E-state index contributed by atoms with van der Waals surface area (Å²) in [6.07, 6.45) is 7.81. The Hall–Kier alpha value is -3.21. The molecule has 0 aliphatic carbocycles. The number of carbonyl (C=O) groups excluding carboxylic acids is 2. The Bertz CT molecular complexity index is 1050. The van der Waals surface area contributed by atoms with Crippen molar-refractivity contribution in [3.8, 4) is 23.8 Å². The molecule has 0 unspecified atom stereocenters. The number of hydrazone groups is 1. The Morgan fingerprint density at radius 2 is 1.89 bits per heavy atom. The van der Waals surface area contributed by atoms with E-state index in [4.69, 9.17) is 39.1 Å². The van der Waals surface area contributed by atoms with Crippen LogP contribution in [0.25, 0.3) is 0 Å². The second-order valence-electron chi connectivity index (χ2n) is 8.07. The van der Waals surface area contributed by atoms with E-state index in [1.165, 1.54) is 6.21 Å². The molecule has 35 heavy (non-hydrogen) atoms. The molecule has 9 heteroatoms. The fraction of sp³-hybridized carbons (Fsp3) is 0.346. The van der Waals surface area contributed by atoms with Crippen LogP contribution < -0.4 is 20.2 Å². The molecular weight excluding hydrogens is 489 g/mol. The van der Waals surface area contributed by atoms with E-state index >= 15 is 0 Å². The number of rotatable bonds is 13. The number of hydrogen-bond donors (Lipinski definition) is 2. The predicted molar refractivity (Wildman–Crippen MR) is 139 cm³/mol. The standard InChI is InChI=1S/C26H29Cl2N3O4/c1-4-13-34-21-10-7-19(8-11-21)17-29-31-26(33)23(15-18(2)3)30-25(32)6-5-14-35-24-12-9-20(27)16-22(24)28/h1,7-12,16-18,23H,5-6,13-15H2,2-3H3,(H,30,32)(H,31,33)/b29-17-/t23-/m1/s1. The van der Waals surface area contributed by atoms with Gasteiger partial charge in [0.25, 0.3) is 5.91 Å². The maximum absolute atomic E-state index is 12.6. The molecule has 0 spiro atoms. The van der Waals surface area contributed by atoms with Crippen LogP contribution in [0, 0.1) is 18.3 Å². The van der Waals surface area contributed by atoms with E-state index in [2.05, 4.69) is 21.8 Å². The van der Waals surface area contributed by atoms with Gasteiger partial charge in [0.1, 0.15) is 24.1 Å². The predicted octanol–water partition coefficient (Wildman–Crippen LogP) is 4.85. The topological polar surface area (TPSA) is 89.0 Å². The number of nitrogens with one attached hydrogen (secondary N) is 2. The molecule has 2 N–H and O–H groups in total. The van der Waals surface area contributed by atoms with Crippen LogP contribution in [0.1, 0.15) is 38.7 Å². The van der Waals surface area contributed by atoms with Crippen molar-refractivity contribution in [3.63, 3.8) is 0 Å². The van der Waals surface area contributed by atoms with Crippen molar-refractivity contribution in [1.82, 2.24) is 10.7 Å². The summed E-state index contributed by atoms with van der Waals surface area (Å²) >= 11 is 11.9. The molecule has 0 saturated carbocycles. The lowest BCUT2D eigenvalue weighted by atomic mass is 10.0. The lowest BCUT2D eigenvalue weighted by Crippen LogP contribution is -2.46. The maximum atomic E-state index is 12.6. The highest BCUT2D eigenvalue weighted by Crippen LogP contribution is 2.27. The molecule has 0 radical (unpaired) electrons. The second kappa shape index (κ2) is 14.9. The first-order valence-electron chi connectivity index (χ1n) is 11.1. The van der Waals surface area contributed by atoms with E-state index in [9.17, 15) is 9.59 Å². The number of carbonyl (C=O) groups is 2. The Morgan fingerprint density at radius 3 is 2.54 bits per heavy atom. The van der Waals surface area contributed by atoms with E-state index in [1.807, 2.05) is 13.8 Å². The third-order valence-corrected chi connectivity index (χ3v) is 5.18. The van der Waals surface area contributed by atoms with Crippen molar-refractivity contribution in [3.05, 3.63) is 58.1 Å². The van der Waals surface area contributed by atoms with Gasteiger partial charge in [-0.15, -0.1) is 6.42 Å². The van der Waals surface area contributed by atoms with Crippen LogP contribution in [0.3, 0.4) is 0 Å². The van der Waals surface area contributed by atoms with E-state index in [0.717, 1.165) is 5.56 Å². The van der Waals surface area contributed by atoms with Gasteiger partial charge in [0.05, 0.1) is 17.8 Å². The average molecular weight is 518 g/mol. The van der Waals surface area contributed by atoms with Gasteiger partial charge < -0.3 is 14.8 Å². The molecule has 2 rings (SSSR count). The smallest absolute Gasteiger partial charge is 0.262 e. The quantitative estimate of drug-likeness (QED) is 0.172. The van der Waals surface area contributed by atoms with Gasteiger partial charge >= 0.3 is 0 Å². The Labute approximate surface area is 216 Å². The van der Waals surface area contributed by atoms with Crippen molar-refractivity contribution < 1.29 is 19.1 Å². The fourth-order valence-electron chi connectivity index (χ4n) is 3.00. The molecule has 0 aliphatic rings. The van der Waals surface area contributed by atoms with E-state index in [1.54, 1.807) is 42.5 Å². The van der Waals surface area contributed by atoms with Crippen LogP contribution >= 0.6 is 23.2 Å².